The van der Waals surface area contributed by atoms with Gasteiger partial charge in [0.2, 0.25) is 0 Å². The van der Waals surface area contributed by atoms with Crippen molar-refractivity contribution in [3.8, 4) is 11.4 Å². The molecule has 96 valence electrons. The molecule has 0 aliphatic rings. The first-order chi connectivity index (χ1) is 8.52. The number of benzene rings is 1. The molecule has 1 unspecified atom stereocenters. The minimum atomic E-state index is -1.19. The van der Waals surface area contributed by atoms with Gasteiger partial charge in [0.05, 0.1) is 28.6 Å². The van der Waals surface area contributed by atoms with Gasteiger partial charge in [-0.25, -0.2) is 4.68 Å². The summed E-state index contributed by atoms with van der Waals surface area (Å²) < 4.78 is 18.2. The summed E-state index contributed by atoms with van der Waals surface area (Å²) in [5.41, 5.74) is 0.679. The summed E-state index contributed by atoms with van der Waals surface area (Å²) in [6.45, 7) is 0. The fourth-order valence-electron chi connectivity index (χ4n) is 1.51. The van der Waals surface area contributed by atoms with Gasteiger partial charge < -0.3 is 4.74 Å². The largest absolute Gasteiger partial charge is 0.495 e. The maximum Gasteiger partial charge on any atom is 0.152 e. The average molecular weight is 305 g/mol. The zero-order valence-electron chi connectivity index (χ0n) is 9.68. The molecule has 0 saturated heterocycles. The highest BCUT2D eigenvalue weighted by Crippen LogP contribution is 2.28. The Kier molecular flexibility index (Phi) is 3.94. The Morgan fingerprint density at radius 3 is 2.61 bits per heavy atom. The summed E-state index contributed by atoms with van der Waals surface area (Å²) in [6, 6.07) is 6.73. The van der Waals surface area contributed by atoms with Crippen molar-refractivity contribution in [3.05, 3.63) is 34.4 Å². The molecule has 2 rings (SSSR count). The number of methoxy groups -OCH3 is 1. The number of hydrogen-bond acceptors (Lipinski definition) is 3. The second-order valence-electron chi connectivity index (χ2n) is 3.49. The van der Waals surface area contributed by atoms with Crippen LogP contribution in [0.2, 0.25) is 10.2 Å². The Hall–Kier alpha value is -1.04. The lowest BCUT2D eigenvalue weighted by atomic mass is 10.3. The van der Waals surface area contributed by atoms with Gasteiger partial charge in [-0.15, -0.1) is 0 Å². The first-order valence-electron chi connectivity index (χ1n) is 4.96. The molecule has 0 spiro atoms. The second kappa shape index (κ2) is 5.30. The van der Waals surface area contributed by atoms with Crippen LogP contribution >= 0.6 is 23.2 Å². The van der Waals surface area contributed by atoms with E-state index < -0.39 is 10.8 Å². The molecular weight excluding hydrogens is 295 g/mol. The Morgan fingerprint density at radius 1 is 1.33 bits per heavy atom. The molecule has 0 radical (unpaired) electrons. The maximum absolute atomic E-state index is 11.6. The van der Waals surface area contributed by atoms with Gasteiger partial charge in [-0.1, -0.05) is 23.2 Å². The van der Waals surface area contributed by atoms with E-state index in [1.54, 1.807) is 30.5 Å². The van der Waals surface area contributed by atoms with Crippen LogP contribution in [0.1, 0.15) is 0 Å². The molecule has 0 saturated carbocycles. The summed E-state index contributed by atoms with van der Waals surface area (Å²) in [7, 11) is 0.348. The van der Waals surface area contributed by atoms with Crippen LogP contribution in [0.4, 0.5) is 0 Å². The molecule has 0 amide bonds. The summed E-state index contributed by atoms with van der Waals surface area (Å²) in [4.78, 5) is 0. The van der Waals surface area contributed by atoms with Crippen LogP contribution in [0.3, 0.4) is 0 Å². The first-order valence-corrected chi connectivity index (χ1v) is 7.27. The van der Waals surface area contributed by atoms with Gasteiger partial charge in [0.1, 0.15) is 10.8 Å². The van der Waals surface area contributed by atoms with Crippen molar-refractivity contribution in [2.24, 2.45) is 0 Å². The molecule has 0 fully saturated rings. The van der Waals surface area contributed by atoms with E-state index in [9.17, 15) is 4.21 Å². The van der Waals surface area contributed by atoms with Crippen LogP contribution in [0.15, 0.2) is 29.3 Å². The van der Waals surface area contributed by atoms with Crippen molar-refractivity contribution in [1.82, 2.24) is 9.78 Å². The van der Waals surface area contributed by atoms with Crippen molar-refractivity contribution in [1.29, 1.82) is 0 Å². The summed E-state index contributed by atoms with van der Waals surface area (Å²) in [5.74, 6) is 0.567. The molecule has 1 atom stereocenters. The van der Waals surface area contributed by atoms with Crippen molar-refractivity contribution >= 4 is 34.0 Å². The topological polar surface area (TPSA) is 44.1 Å². The highest BCUT2D eigenvalue weighted by Gasteiger charge is 2.13. The van der Waals surface area contributed by atoms with Gasteiger partial charge in [0.25, 0.3) is 0 Å². The van der Waals surface area contributed by atoms with Gasteiger partial charge in [0.15, 0.2) is 5.15 Å². The smallest absolute Gasteiger partial charge is 0.152 e. The SMILES string of the molecule is COc1ccc(-n2nc(Cl)cc2S(C)=O)cc1Cl. The van der Waals surface area contributed by atoms with Crippen molar-refractivity contribution in [2.75, 3.05) is 13.4 Å². The van der Waals surface area contributed by atoms with Crippen LogP contribution in [0, 0.1) is 0 Å². The number of hydrogen-bond donors (Lipinski definition) is 0. The third kappa shape index (κ3) is 2.53. The van der Waals surface area contributed by atoms with Gasteiger partial charge in [0, 0.05) is 12.3 Å². The van der Waals surface area contributed by atoms with E-state index in [0.29, 0.717) is 21.5 Å². The van der Waals surface area contributed by atoms with Gasteiger partial charge >= 0.3 is 0 Å². The normalized spacial score (nSPS) is 12.4. The quantitative estimate of drug-likeness (QED) is 0.876. The van der Waals surface area contributed by atoms with Gasteiger partial charge in [-0.3, -0.25) is 4.21 Å². The number of rotatable bonds is 3. The molecule has 0 aliphatic carbocycles. The third-order valence-electron chi connectivity index (χ3n) is 2.32. The molecule has 1 heterocycles. The summed E-state index contributed by atoms with van der Waals surface area (Å²) >= 11 is 11.9. The molecule has 0 bridgehead atoms. The minimum absolute atomic E-state index is 0.284. The Balaban J connectivity index is 2.55. The van der Waals surface area contributed by atoms with Gasteiger partial charge in [-0.05, 0) is 18.2 Å². The van der Waals surface area contributed by atoms with E-state index in [1.807, 2.05) is 0 Å². The molecule has 1 aromatic heterocycles. The van der Waals surface area contributed by atoms with Crippen LogP contribution in [0.25, 0.3) is 5.69 Å². The summed E-state index contributed by atoms with van der Waals surface area (Å²) in [6.07, 6.45) is 1.56. The van der Waals surface area contributed by atoms with E-state index in [1.165, 1.54) is 11.8 Å². The number of ether oxygens (including phenoxy) is 1. The van der Waals surface area contributed by atoms with Crippen LogP contribution in [-0.2, 0) is 10.8 Å². The van der Waals surface area contributed by atoms with E-state index in [2.05, 4.69) is 5.10 Å². The van der Waals surface area contributed by atoms with Crippen LogP contribution in [0.5, 0.6) is 5.75 Å². The van der Waals surface area contributed by atoms with Crippen molar-refractivity contribution in [3.63, 3.8) is 0 Å². The van der Waals surface area contributed by atoms with Crippen molar-refractivity contribution < 1.29 is 8.95 Å². The maximum atomic E-state index is 11.6. The molecule has 7 heteroatoms. The Morgan fingerprint density at radius 2 is 2.06 bits per heavy atom. The Labute approximate surface area is 117 Å². The first kappa shape index (κ1) is 13.4. The van der Waals surface area contributed by atoms with E-state index >= 15 is 0 Å². The highest BCUT2D eigenvalue weighted by molar-refractivity contribution is 7.84. The lowest BCUT2D eigenvalue weighted by molar-refractivity contribution is 0.415. The third-order valence-corrected chi connectivity index (χ3v) is 3.68. The Bertz CT molecular complexity index is 613. The molecule has 0 N–H and O–H groups in total. The lowest BCUT2D eigenvalue weighted by Gasteiger charge is -2.08. The predicted octanol–water partition coefficient (Wildman–Crippen LogP) is 2.93. The van der Waals surface area contributed by atoms with E-state index in [0.717, 1.165) is 0 Å². The highest BCUT2D eigenvalue weighted by atomic mass is 35.5. The standard InChI is InChI=1S/C11H10Cl2N2O2S/c1-17-9-4-3-7(5-8(9)12)15-11(18(2)16)6-10(13)14-15/h3-6H,1-2H3. The molecule has 1 aromatic carbocycles. The number of nitrogens with zero attached hydrogens (tertiary/aromatic N) is 2. The molecule has 4 nitrogen and oxygen atoms in total. The minimum Gasteiger partial charge on any atom is -0.495 e. The number of halogens is 2. The fourth-order valence-corrected chi connectivity index (χ4v) is 2.68. The monoisotopic (exact) mass is 304 g/mol. The van der Waals surface area contributed by atoms with Crippen LogP contribution in [-0.4, -0.2) is 27.4 Å². The predicted molar refractivity (Wildman–Crippen MR) is 72.5 cm³/mol. The molecule has 18 heavy (non-hydrogen) atoms. The van der Waals surface area contributed by atoms with Crippen molar-refractivity contribution in [2.45, 2.75) is 5.03 Å². The zero-order valence-corrected chi connectivity index (χ0v) is 12.0. The van der Waals surface area contributed by atoms with E-state index in [-0.39, 0.29) is 5.15 Å². The molecule has 0 aliphatic heterocycles. The zero-order chi connectivity index (χ0) is 13.3. The van der Waals surface area contributed by atoms with E-state index in [4.69, 9.17) is 27.9 Å². The number of aromatic nitrogens is 2. The lowest BCUT2D eigenvalue weighted by Crippen LogP contribution is -2.03. The fraction of sp³-hybridized carbons (Fsp3) is 0.182. The summed E-state index contributed by atoms with van der Waals surface area (Å²) in [5, 5.41) is 5.34. The molecular formula is C11H10Cl2N2O2S. The molecule has 2 aromatic rings. The van der Waals surface area contributed by atoms with Gasteiger partial charge in [-0.2, -0.15) is 5.10 Å². The van der Waals surface area contributed by atoms with Crippen LogP contribution < -0.4 is 4.74 Å². The second-order valence-corrected chi connectivity index (χ2v) is 5.61. The average Bonchev–Trinajstić information content (AvgIpc) is 2.71.